The fraction of sp³-hybridized carbons (Fsp3) is 0.400. The fourth-order valence-corrected chi connectivity index (χ4v) is 2.11. The zero-order valence-corrected chi connectivity index (χ0v) is 11.2. The van der Waals surface area contributed by atoms with Gasteiger partial charge in [0.2, 0.25) is 0 Å². The molecule has 0 saturated carbocycles. The molecule has 0 fully saturated rings. The summed E-state index contributed by atoms with van der Waals surface area (Å²) in [5, 5.41) is 3.11. The second-order valence-electron chi connectivity index (χ2n) is 5.05. The van der Waals surface area contributed by atoms with E-state index in [0.717, 1.165) is 17.7 Å². The summed E-state index contributed by atoms with van der Waals surface area (Å²) >= 11 is 0. The van der Waals surface area contributed by atoms with Gasteiger partial charge < -0.3 is 0 Å². The van der Waals surface area contributed by atoms with Crippen LogP contribution in [0.4, 0.5) is 0 Å². The number of aromatic nitrogens is 2. The number of aromatic amines is 1. The normalized spacial score (nSPS) is 11.1. The summed E-state index contributed by atoms with van der Waals surface area (Å²) in [6.07, 6.45) is 1.09. The first-order valence-corrected chi connectivity index (χ1v) is 6.49. The molecule has 0 spiro atoms. The third-order valence-electron chi connectivity index (χ3n) is 3.01. The zero-order chi connectivity index (χ0) is 13.1. The molecule has 3 heteroatoms. The highest BCUT2D eigenvalue weighted by Crippen LogP contribution is 2.17. The van der Waals surface area contributed by atoms with Crippen LogP contribution in [0.3, 0.4) is 0 Å². The molecule has 0 atom stereocenters. The molecule has 1 heterocycles. The van der Waals surface area contributed by atoms with Crippen LogP contribution in [0.25, 0.3) is 11.3 Å². The number of H-pyrrole nitrogens is 1. The van der Waals surface area contributed by atoms with Crippen molar-refractivity contribution in [2.45, 2.75) is 33.7 Å². The highest BCUT2D eigenvalue weighted by molar-refractivity contribution is 5.58. The molecule has 0 aliphatic carbocycles. The summed E-state index contributed by atoms with van der Waals surface area (Å²) in [6.45, 7) is 7.05. The maximum atomic E-state index is 11.6. The van der Waals surface area contributed by atoms with Gasteiger partial charge in [-0.15, -0.1) is 0 Å². The summed E-state index contributed by atoms with van der Waals surface area (Å²) in [4.78, 5) is 11.6. The van der Waals surface area contributed by atoms with Crippen LogP contribution < -0.4 is 5.56 Å². The molecule has 0 aliphatic heterocycles. The van der Waals surface area contributed by atoms with Gasteiger partial charge in [0.1, 0.15) is 0 Å². The number of nitrogens with one attached hydrogen (secondary N) is 1. The van der Waals surface area contributed by atoms with Gasteiger partial charge in [-0.2, -0.15) is 0 Å². The first kappa shape index (κ1) is 12.7. The van der Waals surface area contributed by atoms with Crippen molar-refractivity contribution in [2.75, 3.05) is 0 Å². The molecule has 2 aromatic rings. The first-order valence-electron chi connectivity index (χ1n) is 6.49. The van der Waals surface area contributed by atoms with Crippen LogP contribution in [0.5, 0.6) is 0 Å². The molecule has 0 amide bonds. The van der Waals surface area contributed by atoms with Gasteiger partial charge in [-0.05, 0) is 30.4 Å². The Hall–Kier alpha value is -1.77. The third-order valence-corrected chi connectivity index (χ3v) is 3.01. The Bertz CT molecular complexity index is 561. The van der Waals surface area contributed by atoms with Crippen LogP contribution in [-0.2, 0) is 13.0 Å². The zero-order valence-electron chi connectivity index (χ0n) is 11.2. The lowest BCUT2D eigenvalue weighted by molar-refractivity contribution is 0.640. The van der Waals surface area contributed by atoms with E-state index in [1.165, 1.54) is 5.56 Å². The lowest BCUT2D eigenvalue weighted by Crippen LogP contribution is -2.13. The van der Waals surface area contributed by atoms with E-state index in [4.69, 9.17) is 0 Å². The molecule has 0 saturated heterocycles. The SMILES string of the molecule is CCn1[nH]c(-c2ccc(CC(C)C)cc2)cc1=O. The Kier molecular flexibility index (Phi) is 3.70. The molecule has 96 valence electrons. The molecule has 1 N–H and O–H groups in total. The molecule has 3 nitrogen and oxygen atoms in total. The van der Waals surface area contributed by atoms with E-state index in [0.29, 0.717) is 12.5 Å². The second kappa shape index (κ2) is 5.25. The van der Waals surface area contributed by atoms with Gasteiger partial charge in [0.05, 0.1) is 5.69 Å². The van der Waals surface area contributed by atoms with Crippen LogP contribution in [0.2, 0.25) is 0 Å². The van der Waals surface area contributed by atoms with E-state index >= 15 is 0 Å². The molecule has 0 bridgehead atoms. The number of hydrogen-bond acceptors (Lipinski definition) is 1. The van der Waals surface area contributed by atoms with E-state index in [1.807, 2.05) is 6.92 Å². The molecule has 1 aromatic carbocycles. The maximum Gasteiger partial charge on any atom is 0.267 e. The monoisotopic (exact) mass is 244 g/mol. The molecule has 18 heavy (non-hydrogen) atoms. The lowest BCUT2D eigenvalue weighted by Gasteiger charge is -2.05. The summed E-state index contributed by atoms with van der Waals surface area (Å²) in [7, 11) is 0. The predicted molar refractivity (Wildman–Crippen MR) is 74.7 cm³/mol. The largest absolute Gasteiger partial charge is 0.295 e. The van der Waals surface area contributed by atoms with Crippen molar-refractivity contribution in [1.29, 1.82) is 0 Å². The Morgan fingerprint density at radius 3 is 2.39 bits per heavy atom. The van der Waals surface area contributed by atoms with Crippen LogP contribution in [-0.4, -0.2) is 9.78 Å². The smallest absolute Gasteiger partial charge is 0.267 e. The topological polar surface area (TPSA) is 37.8 Å². The van der Waals surface area contributed by atoms with Crippen molar-refractivity contribution >= 4 is 0 Å². The van der Waals surface area contributed by atoms with Crippen LogP contribution >= 0.6 is 0 Å². The molecule has 0 unspecified atom stereocenters. The first-order chi connectivity index (χ1) is 8.60. The van der Waals surface area contributed by atoms with E-state index in [2.05, 4.69) is 43.2 Å². The number of nitrogens with zero attached hydrogens (tertiary/aromatic N) is 1. The average Bonchev–Trinajstić information content (AvgIpc) is 2.71. The lowest BCUT2D eigenvalue weighted by atomic mass is 10.0. The Morgan fingerprint density at radius 1 is 1.22 bits per heavy atom. The van der Waals surface area contributed by atoms with Crippen molar-refractivity contribution in [3.05, 3.63) is 46.2 Å². The third kappa shape index (κ3) is 2.73. The Morgan fingerprint density at radius 2 is 1.89 bits per heavy atom. The molecular weight excluding hydrogens is 224 g/mol. The van der Waals surface area contributed by atoms with Gasteiger partial charge in [0, 0.05) is 12.6 Å². The highest BCUT2D eigenvalue weighted by atomic mass is 16.1. The van der Waals surface area contributed by atoms with Crippen LogP contribution in [0.15, 0.2) is 35.1 Å². The Balaban J connectivity index is 2.25. The fourth-order valence-electron chi connectivity index (χ4n) is 2.11. The van der Waals surface area contributed by atoms with Crippen LogP contribution in [0, 0.1) is 5.92 Å². The van der Waals surface area contributed by atoms with Gasteiger partial charge in [0.15, 0.2) is 0 Å². The summed E-state index contributed by atoms with van der Waals surface area (Å²) in [6, 6.07) is 10.1. The van der Waals surface area contributed by atoms with Crippen molar-refractivity contribution in [3.8, 4) is 11.3 Å². The van der Waals surface area contributed by atoms with Gasteiger partial charge in [-0.25, -0.2) is 0 Å². The molecule has 2 rings (SSSR count). The van der Waals surface area contributed by atoms with E-state index in [9.17, 15) is 4.79 Å². The van der Waals surface area contributed by atoms with Crippen LogP contribution in [0.1, 0.15) is 26.3 Å². The highest BCUT2D eigenvalue weighted by Gasteiger charge is 2.04. The minimum atomic E-state index is 0.0266. The molecular formula is C15H20N2O. The van der Waals surface area contributed by atoms with Gasteiger partial charge in [-0.3, -0.25) is 14.6 Å². The summed E-state index contributed by atoms with van der Waals surface area (Å²) < 4.78 is 1.61. The van der Waals surface area contributed by atoms with Gasteiger partial charge in [0.25, 0.3) is 5.56 Å². The Labute approximate surface area is 107 Å². The number of aryl methyl sites for hydroxylation is 1. The minimum Gasteiger partial charge on any atom is -0.295 e. The maximum absolute atomic E-state index is 11.6. The van der Waals surface area contributed by atoms with Crippen molar-refractivity contribution in [2.24, 2.45) is 5.92 Å². The molecule has 0 aliphatic rings. The quantitative estimate of drug-likeness (QED) is 0.882. The van der Waals surface area contributed by atoms with E-state index < -0.39 is 0 Å². The van der Waals surface area contributed by atoms with Crippen molar-refractivity contribution < 1.29 is 0 Å². The van der Waals surface area contributed by atoms with Gasteiger partial charge in [-0.1, -0.05) is 38.1 Å². The van der Waals surface area contributed by atoms with Crippen molar-refractivity contribution in [1.82, 2.24) is 9.78 Å². The standard InChI is InChI=1S/C15H20N2O/c1-4-17-15(18)10-14(16-17)13-7-5-12(6-8-13)9-11(2)3/h5-8,10-11,16H,4,9H2,1-3H3. The summed E-state index contributed by atoms with van der Waals surface area (Å²) in [5.74, 6) is 0.664. The van der Waals surface area contributed by atoms with E-state index in [-0.39, 0.29) is 5.56 Å². The number of hydrogen-bond donors (Lipinski definition) is 1. The minimum absolute atomic E-state index is 0.0266. The second-order valence-corrected chi connectivity index (χ2v) is 5.05. The molecule has 0 radical (unpaired) electrons. The predicted octanol–water partition coefficient (Wildman–Crippen LogP) is 3.06. The van der Waals surface area contributed by atoms with E-state index in [1.54, 1.807) is 10.7 Å². The molecule has 1 aromatic heterocycles. The summed E-state index contributed by atoms with van der Waals surface area (Å²) in [5.41, 5.74) is 3.31. The van der Waals surface area contributed by atoms with Gasteiger partial charge >= 0.3 is 0 Å². The number of benzene rings is 1. The van der Waals surface area contributed by atoms with Crippen molar-refractivity contribution in [3.63, 3.8) is 0 Å². The number of rotatable bonds is 4. The average molecular weight is 244 g/mol.